The maximum absolute atomic E-state index is 13.7. The largest absolute Gasteiger partial charge is 0.411 e. The number of hydrogen-bond acceptors (Lipinski definition) is 5. The molecule has 130 valence electrons. The average Bonchev–Trinajstić information content (AvgIpc) is 3.06. The molecule has 0 radical (unpaired) electrons. The van der Waals surface area contributed by atoms with Crippen LogP contribution in [0.5, 0.6) is 0 Å². The molecule has 1 aromatic carbocycles. The van der Waals surface area contributed by atoms with Gasteiger partial charge in [-0.2, -0.15) is 0 Å². The molecule has 0 fully saturated rings. The normalized spacial score (nSPS) is 12.2. The number of carbonyl (C=O) groups is 1. The Bertz CT molecular complexity index is 677. The molecule has 0 N–H and O–H groups in total. The highest BCUT2D eigenvalue weighted by Crippen LogP contribution is 2.25. The molecule has 0 saturated heterocycles. The molecular formula is C17H22FN3O2S. The van der Waals surface area contributed by atoms with Crippen molar-refractivity contribution in [3.63, 3.8) is 0 Å². The van der Waals surface area contributed by atoms with E-state index in [4.69, 9.17) is 4.42 Å². The Hall–Kier alpha value is -1.89. The third-order valence-electron chi connectivity index (χ3n) is 3.86. The molecule has 1 heterocycles. The van der Waals surface area contributed by atoms with E-state index < -0.39 is 5.82 Å². The van der Waals surface area contributed by atoms with E-state index in [9.17, 15) is 9.18 Å². The van der Waals surface area contributed by atoms with Gasteiger partial charge in [-0.25, -0.2) is 4.39 Å². The summed E-state index contributed by atoms with van der Waals surface area (Å²) in [6.07, 6.45) is 2.96. The molecule has 0 saturated carbocycles. The van der Waals surface area contributed by atoms with Gasteiger partial charge in [0.15, 0.2) is 0 Å². The molecule has 1 aromatic heterocycles. The molecule has 0 aliphatic heterocycles. The Balaban J connectivity index is 1.96. The second-order valence-electron chi connectivity index (χ2n) is 5.50. The zero-order valence-electron chi connectivity index (χ0n) is 14.2. The van der Waals surface area contributed by atoms with Crippen LogP contribution in [0.25, 0.3) is 11.5 Å². The maximum Gasteiger partial charge on any atom is 0.277 e. The number of aromatic nitrogens is 2. The van der Waals surface area contributed by atoms with Gasteiger partial charge in [0.05, 0.1) is 11.3 Å². The second kappa shape index (κ2) is 8.82. The number of amides is 1. The fourth-order valence-corrected chi connectivity index (χ4v) is 3.13. The Labute approximate surface area is 145 Å². The van der Waals surface area contributed by atoms with Gasteiger partial charge in [0.25, 0.3) is 11.1 Å². The Kier molecular flexibility index (Phi) is 6.78. The highest BCUT2D eigenvalue weighted by atomic mass is 32.2. The Morgan fingerprint density at radius 2 is 2.08 bits per heavy atom. The van der Waals surface area contributed by atoms with E-state index in [-0.39, 0.29) is 34.4 Å². The number of rotatable bonds is 8. The van der Waals surface area contributed by atoms with Crippen molar-refractivity contribution in [2.45, 2.75) is 44.4 Å². The van der Waals surface area contributed by atoms with Gasteiger partial charge in [-0.05, 0) is 25.0 Å². The zero-order chi connectivity index (χ0) is 17.5. The standard InChI is InChI=1S/C17H22FN3O2S/c1-4-8-12(5-2)21(3)15(22)11-24-17-20-19-16(23-17)13-9-6-7-10-14(13)18/h6-7,9-10,12H,4-5,8,11H2,1-3H3. The van der Waals surface area contributed by atoms with Crippen molar-refractivity contribution in [1.29, 1.82) is 0 Å². The van der Waals surface area contributed by atoms with Gasteiger partial charge in [0.2, 0.25) is 5.91 Å². The fraction of sp³-hybridized carbons (Fsp3) is 0.471. The average molecular weight is 351 g/mol. The van der Waals surface area contributed by atoms with Crippen LogP contribution in [0.4, 0.5) is 4.39 Å². The Morgan fingerprint density at radius 1 is 1.33 bits per heavy atom. The number of hydrogen-bond donors (Lipinski definition) is 0. The zero-order valence-corrected chi connectivity index (χ0v) is 15.0. The molecule has 0 spiro atoms. The van der Waals surface area contributed by atoms with Crippen molar-refractivity contribution in [1.82, 2.24) is 15.1 Å². The molecule has 1 amide bonds. The van der Waals surface area contributed by atoms with E-state index in [1.54, 1.807) is 23.1 Å². The highest BCUT2D eigenvalue weighted by Gasteiger charge is 2.19. The lowest BCUT2D eigenvalue weighted by Gasteiger charge is -2.26. The number of nitrogens with zero attached hydrogens (tertiary/aromatic N) is 3. The smallest absolute Gasteiger partial charge is 0.277 e. The minimum Gasteiger partial charge on any atom is -0.411 e. The van der Waals surface area contributed by atoms with Crippen LogP contribution in [0.15, 0.2) is 33.9 Å². The van der Waals surface area contributed by atoms with E-state index in [1.807, 2.05) is 7.05 Å². The molecule has 5 nitrogen and oxygen atoms in total. The lowest BCUT2D eigenvalue weighted by Crippen LogP contribution is -2.37. The van der Waals surface area contributed by atoms with Gasteiger partial charge in [0, 0.05) is 13.1 Å². The fourth-order valence-electron chi connectivity index (χ4n) is 2.45. The molecule has 7 heteroatoms. The van der Waals surface area contributed by atoms with Crippen LogP contribution in [0.1, 0.15) is 33.1 Å². The third kappa shape index (κ3) is 4.56. The summed E-state index contributed by atoms with van der Waals surface area (Å²) < 4.78 is 19.2. The molecule has 0 aliphatic rings. The lowest BCUT2D eigenvalue weighted by atomic mass is 10.1. The second-order valence-corrected chi connectivity index (χ2v) is 6.42. The summed E-state index contributed by atoms with van der Waals surface area (Å²) in [5.74, 6) is -0.0612. The quantitative estimate of drug-likeness (QED) is 0.673. The van der Waals surface area contributed by atoms with Crippen molar-refractivity contribution >= 4 is 17.7 Å². The van der Waals surface area contributed by atoms with E-state index in [1.165, 1.54) is 17.8 Å². The minimum atomic E-state index is -0.418. The topological polar surface area (TPSA) is 59.2 Å². The summed E-state index contributed by atoms with van der Waals surface area (Å²) in [6, 6.07) is 6.46. The van der Waals surface area contributed by atoms with E-state index in [0.29, 0.717) is 0 Å². The van der Waals surface area contributed by atoms with Crippen molar-refractivity contribution < 1.29 is 13.6 Å². The van der Waals surface area contributed by atoms with E-state index in [2.05, 4.69) is 24.0 Å². The first-order valence-corrected chi connectivity index (χ1v) is 9.02. The summed E-state index contributed by atoms with van der Waals surface area (Å²) in [5, 5.41) is 7.99. The van der Waals surface area contributed by atoms with Gasteiger partial charge >= 0.3 is 0 Å². The van der Waals surface area contributed by atoms with Crippen LogP contribution >= 0.6 is 11.8 Å². The van der Waals surface area contributed by atoms with Gasteiger partial charge in [0.1, 0.15) is 5.82 Å². The summed E-state index contributed by atoms with van der Waals surface area (Å²) in [7, 11) is 1.82. The van der Waals surface area contributed by atoms with Crippen molar-refractivity contribution in [2.75, 3.05) is 12.8 Å². The molecule has 24 heavy (non-hydrogen) atoms. The summed E-state index contributed by atoms with van der Waals surface area (Å²) in [4.78, 5) is 14.1. The number of halogens is 1. The molecule has 2 aromatic rings. The molecule has 2 rings (SSSR count). The molecule has 0 bridgehead atoms. The predicted octanol–water partition coefficient (Wildman–Crippen LogP) is 4.00. The lowest BCUT2D eigenvalue weighted by molar-refractivity contribution is -0.129. The minimum absolute atomic E-state index is 0.0194. The molecular weight excluding hydrogens is 329 g/mol. The van der Waals surface area contributed by atoms with Gasteiger partial charge in [-0.3, -0.25) is 4.79 Å². The first-order valence-electron chi connectivity index (χ1n) is 8.03. The van der Waals surface area contributed by atoms with Crippen LogP contribution in [0.2, 0.25) is 0 Å². The number of thioether (sulfide) groups is 1. The van der Waals surface area contributed by atoms with E-state index in [0.717, 1.165) is 19.3 Å². The van der Waals surface area contributed by atoms with Gasteiger partial charge in [-0.15, -0.1) is 10.2 Å². The number of benzene rings is 1. The first kappa shape index (κ1) is 18.4. The SMILES string of the molecule is CCCC(CC)N(C)C(=O)CSc1nnc(-c2ccccc2F)o1. The van der Waals surface area contributed by atoms with Crippen molar-refractivity contribution in [2.24, 2.45) is 0 Å². The predicted molar refractivity (Wildman–Crippen MR) is 92.2 cm³/mol. The summed E-state index contributed by atoms with van der Waals surface area (Å²) in [5.41, 5.74) is 0.259. The summed E-state index contributed by atoms with van der Waals surface area (Å²) >= 11 is 1.17. The van der Waals surface area contributed by atoms with Crippen LogP contribution < -0.4 is 0 Å². The van der Waals surface area contributed by atoms with Gasteiger partial charge < -0.3 is 9.32 Å². The Morgan fingerprint density at radius 3 is 2.75 bits per heavy atom. The maximum atomic E-state index is 13.7. The van der Waals surface area contributed by atoms with Crippen LogP contribution in [-0.2, 0) is 4.79 Å². The van der Waals surface area contributed by atoms with Crippen LogP contribution in [0.3, 0.4) is 0 Å². The van der Waals surface area contributed by atoms with Crippen LogP contribution in [-0.4, -0.2) is 39.8 Å². The summed E-state index contributed by atoms with van der Waals surface area (Å²) in [6.45, 7) is 4.19. The van der Waals surface area contributed by atoms with Crippen LogP contribution in [0, 0.1) is 5.82 Å². The monoisotopic (exact) mass is 351 g/mol. The molecule has 1 unspecified atom stereocenters. The van der Waals surface area contributed by atoms with Crippen molar-refractivity contribution in [3.8, 4) is 11.5 Å². The number of carbonyl (C=O) groups excluding carboxylic acids is 1. The molecule has 0 aliphatic carbocycles. The van der Waals surface area contributed by atoms with Gasteiger partial charge in [-0.1, -0.05) is 44.2 Å². The van der Waals surface area contributed by atoms with E-state index >= 15 is 0 Å². The van der Waals surface area contributed by atoms with Crippen molar-refractivity contribution in [3.05, 3.63) is 30.1 Å². The first-order chi connectivity index (χ1) is 11.6. The third-order valence-corrected chi connectivity index (χ3v) is 4.67. The highest BCUT2D eigenvalue weighted by molar-refractivity contribution is 7.99. The molecule has 1 atom stereocenters.